The highest BCUT2D eigenvalue weighted by Crippen LogP contribution is 2.18. The summed E-state index contributed by atoms with van der Waals surface area (Å²) in [5.41, 5.74) is 0.662. The first kappa shape index (κ1) is 9.35. The Morgan fingerprint density at radius 2 is 2.50 bits per heavy atom. The molecular weight excluding hydrogens is 244 g/mol. The van der Waals surface area contributed by atoms with Crippen LogP contribution in [0.1, 0.15) is 16.9 Å². The van der Waals surface area contributed by atoms with Gasteiger partial charge < -0.3 is 9.88 Å². The zero-order valence-electron chi connectivity index (χ0n) is 7.46. The van der Waals surface area contributed by atoms with Crippen LogP contribution in [0.15, 0.2) is 16.7 Å². The minimum Gasteiger partial charge on any atom is -0.342 e. The molecule has 0 spiro atoms. The van der Waals surface area contributed by atoms with E-state index < -0.39 is 0 Å². The van der Waals surface area contributed by atoms with Gasteiger partial charge in [0, 0.05) is 17.2 Å². The predicted molar refractivity (Wildman–Crippen MR) is 56.8 cm³/mol. The lowest BCUT2D eigenvalue weighted by atomic mass is 10.2. The molecule has 2 heterocycles. The molecular formula is C10H9BrN2O. The van der Waals surface area contributed by atoms with E-state index in [-0.39, 0.29) is 11.9 Å². The fourth-order valence-corrected chi connectivity index (χ4v) is 2.01. The van der Waals surface area contributed by atoms with Crippen molar-refractivity contribution >= 4 is 21.8 Å². The molecule has 0 saturated heterocycles. The number of amides is 1. The first-order valence-corrected chi connectivity index (χ1v) is 5.12. The van der Waals surface area contributed by atoms with Crippen LogP contribution in [0.3, 0.4) is 0 Å². The molecule has 0 aromatic carbocycles. The smallest absolute Gasteiger partial charge is 0.268 e. The molecule has 0 unspecified atom stereocenters. The summed E-state index contributed by atoms with van der Waals surface area (Å²) in [6.07, 6.45) is 7.96. The number of carbonyl (C=O) groups excluding carboxylic acids is 1. The normalized spacial score (nSPS) is 20.6. The Labute approximate surface area is 90.6 Å². The Morgan fingerprint density at radius 1 is 1.71 bits per heavy atom. The van der Waals surface area contributed by atoms with Gasteiger partial charge in [-0.2, -0.15) is 0 Å². The number of hydrogen-bond donors (Lipinski definition) is 1. The van der Waals surface area contributed by atoms with Gasteiger partial charge in [0.25, 0.3) is 5.91 Å². The van der Waals surface area contributed by atoms with Gasteiger partial charge in [-0.05, 0) is 28.4 Å². The van der Waals surface area contributed by atoms with Crippen molar-refractivity contribution in [1.82, 2.24) is 9.88 Å². The van der Waals surface area contributed by atoms with E-state index in [1.165, 1.54) is 0 Å². The van der Waals surface area contributed by atoms with Crippen molar-refractivity contribution in [3.05, 3.63) is 22.4 Å². The van der Waals surface area contributed by atoms with Crippen LogP contribution in [0.2, 0.25) is 0 Å². The van der Waals surface area contributed by atoms with Crippen molar-refractivity contribution in [2.45, 2.75) is 19.0 Å². The van der Waals surface area contributed by atoms with Gasteiger partial charge in [0.2, 0.25) is 0 Å². The molecule has 2 rings (SSSR count). The number of aromatic nitrogens is 1. The molecule has 0 saturated carbocycles. The van der Waals surface area contributed by atoms with E-state index in [0.717, 1.165) is 17.4 Å². The van der Waals surface area contributed by atoms with Crippen molar-refractivity contribution in [2.24, 2.45) is 0 Å². The van der Waals surface area contributed by atoms with Crippen LogP contribution < -0.4 is 5.32 Å². The molecule has 4 heteroatoms. The second-order valence-electron chi connectivity index (χ2n) is 3.22. The molecule has 1 aliphatic heterocycles. The van der Waals surface area contributed by atoms with Crippen molar-refractivity contribution in [3.8, 4) is 12.3 Å². The lowest BCUT2D eigenvalue weighted by Gasteiger charge is -2.06. The summed E-state index contributed by atoms with van der Waals surface area (Å²) in [5, 5.41) is 2.78. The molecule has 3 nitrogen and oxygen atoms in total. The van der Waals surface area contributed by atoms with Gasteiger partial charge in [0.15, 0.2) is 0 Å². The first-order chi connectivity index (χ1) is 6.70. The molecule has 1 aliphatic rings. The number of terminal acetylenes is 1. The molecule has 1 aromatic rings. The summed E-state index contributed by atoms with van der Waals surface area (Å²) in [6.45, 7) is 0.772. The van der Waals surface area contributed by atoms with Gasteiger partial charge in [0.05, 0.1) is 6.04 Å². The number of carbonyl (C=O) groups is 1. The molecule has 1 aromatic heterocycles. The molecule has 0 bridgehead atoms. The average molecular weight is 253 g/mol. The molecule has 72 valence electrons. The van der Waals surface area contributed by atoms with Crippen molar-refractivity contribution in [3.63, 3.8) is 0 Å². The quantitative estimate of drug-likeness (QED) is 0.696. The van der Waals surface area contributed by atoms with Crippen molar-refractivity contribution < 1.29 is 4.79 Å². The Hall–Kier alpha value is -1.21. The van der Waals surface area contributed by atoms with Gasteiger partial charge in [-0.25, -0.2) is 0 Å². The fraction of sp³-hybridized carbons (Fsp3) is 0.300. The summed E-state index contributed by atoms with van der Waals surface area (Å²) in [7, 11) is 0. The molecule has 14 heavy (non-hydrogen) atoms. The maximum absolute atomic E-state index is 11.6. The topological polar surface area (TPSA) is 34.0 Å². The maximum Gasteiger partial charge on any atom is 0.268 e. The summed E-state index contributed by atoms with van der Waals surface area (Å²) < 4.78 is 2.83. The maximum atomic E-state index is 11.6. The number of hydrogen-bond acceptors (Lipinski definition) is 1. The molecule has 1 atom stereocenters. The Morgan fingerprint density at radius 3 is 3.21 bits per heavy atom. The average Bonchev–Trinajstić information content (AvgIpc) is 2.47. The highest BCUT2D eigenvalue weighted by Gasteiger charge is 2.20. The minimum atomic E-state index is -0.152. The molecule has 1 N–H and O–H groups in total. The SMILES string of the molecule is C#C[C@@H]1CCn2cc(Br)cc2C(=O)N1. The molecule has 0 fully saturated rings. The second-order valence-corrected chi connectivity index (χ2v) is 4.13. The predicted octanol–water partition coefficient (Wildman–Crippen LogP) is 1.39. The number of aryl methyl sites for hydroxylation is 1. The van der Waals surface area contributed by atoms with Crippen LogP contribution in [-0.2, 0) is 6.54 Å². The van der Waals surface area contributed by atoms with Crippen LogP contribution in [0.4, 0.5) is 0 Å². The summed E-state index contributed by atoms with van der Waals surface area (Å²) >= 11 is 3.34. The zero-order valence-corrected chi connectivity index (χ0v) is 9.04. The van der Waals surface area contributed by atoms with Crippen LogP contribution in [-0.4, -0.2) is 16.5 Å². The first-order valence-electron chi connectivity index (χ1n) is 4.33. The van der Waals surface area contributed by atoms with E-state index in [1.807, 2.05) is 10.8 Å². The number of fused-ring (bicyclic) bond motifs is 1. The number of nitrogens with one attached hydrogen (secondary N) is 1. The lowest BCUT2D eigenvalue weighted by molar-refractivity contribution is 0.0943. The molecule has 0 radical (unpaired) electrons. The van der Waals surface area contributed by atoms with Crippen molar-refractivity contribution in [2.75, 3.05) is 0 Å². The highest BCUT2D eigenvalue weighted by molar-refractivity contribution is 9.10. The van der Waals surface area contributed by atoms with Gasteiger partial charge >= 0.3 is 0 Å². The van der Waals surface area contributed by atoms with Gasteiger partial charge in [-0.1, -0.05) is 5.92 Å². The fourth-order valence-electron chi connectivity index (χ4n) is 1.55. The van der Waals surface area contributed by atoms with Crippen LogP contribution in [0, 0.1) is 12.3 Å². The summed E-state index contributed by atoms with van der Waals surface area (Å²) in [6, 6.07) is 1.65. The summed E-state index contributed by atoms with van der Waals surface area (Å²) in [4.78, 5) is 11.6. The standard InChI is InChI=1S/C10H9BrN2O/c1-2-8-3-4-13-6-7(11)5-9(13)10(14)12-8/h1,5-6,8H,3-4H2,(H,12,14)/t8-/m1/s1. The van der Waals surface area contributed by atoms with E-state index in [0.29, 0.717) is 5.69 Å². The highest BCUT2D eigenvalue weighted by atomic mass is 79.9. The molecule has 0 aliphatic carbocycles. The second kappa shape index (κ2) is 3.50. The largest absolute Gasteiger partial charge is 0.342 e. The number of halogens is 1. The Kier molecular flexibility index (Phi) is 2.34. The third-order valence-electron chi connectivity index (χ3n) is 2.26. The molecule has 1 amide bonds. The monoisotopic (exact) mass is 252 g/mol. The van der Waals surface area contributed by atoms with Gasteiger partial charge in [-0.3, -0.25) is 4.79 Å². The van der Waals surface area contributed by atoms with E-state index in [9.17, 15) is 4.79 Å². The zero-order chi connectivity index (χ0) is 10.1. The van der Waals surface area contributed by atoms with E-state index in [1.54, 1.807) is 6.07 Å². The van der Waals surface area contributed by atoms with E-state index in [4.69, 9.17) is 6.42 Å². The van der Waals surface area contributed by atoms with E-state index in [2.05, 4.69) is 27.2 Å². The van der Waals surface area contributed by atoms with E-state index >= 15 is 0 Å². The van der Waals surface area contributed by atoms with Crippen molar-refractivity contribution in [1.29, 1.82) is 0 Å². The Bertz CT molecular complexity index is 416. The third kappa shape index (κ3) is 1.55. The Balaban J connectivity index is 2.35. The van der Waals surface area contributed by atoms with Crippen LogP contribution >= 0.6 is 15.9 Å². The van der Waals surface area contributed by atoms with Gasteiger partial charge in [0.1, 0.15) is 5.69 Å². The third-order valence-corrected chi connectivity index (χ3v) is 2.69. The van der Waals surface area contributed by atoms with Gasteiger partial charge in [-0.15, -0.1) is 6.42 Å². The minimum absolute atomic E-state index is 0.101. The lowest BCUT2D eigenvalue weighted by Crippen LogP contribution is -2.31. The van der Waals surface area contributed by atoms with Crippen LogP contribution in [0.25, 0.3) is 0 Å². The number of rotatable bonds is 0. The number of nitrogens with zero attached hydrogens (tertiary/aromatic N) is 1. The van der Waals surface area contributed by atoms with Crippen LogP contribution in [0.5, 0.6) is 0 Å². The summed E-state index contributed by atoms with van der Waals surface area (Å²) in [5.74, 6) is 2.46.